The minimum absolute atomic E-state index is 0.180. The molecular weight excluding hydrogens is 274 g/mol. The molecule has 0 spiro atoms. The van der Waals surface area contributed by atoms with Gasteiger partial charge >= 0.3 is 5.97 Å². The molecule has 0 saturated carbocycles. The molecule has 0 bridgehead atoms. The second-order valence-corrected chi connectivity index (χ2v) is 5.63. The number of nitrogens with zero attached hydrogens (tertiary/aromatic N) is 3. The monoisotopic (exact) mass is 289 g/mol. The second-order valence-electron chi connectivity index (χ2n) is 4.62. The molecule has 0 atom stereocenters. The lowest BCUT2D eigenvalue weighted by Gasteiger charge is -2.08. The average Bonchev–Trinajstić information content (AvgIpc) is 2.38. The van der Waals surface area contributed by atoms with Crippen molar-refractivity contribution in [1.29, 1.82) is 0 Å². The molecule has 5 nitrogen and oxygen atoms in total. The van der Waals surface area contributed by atoms with Gasteiger partial charge in [0.15, 0.2) is 0 Å². The summed E-state index contributed by atoms with van der Waals surface area (Å²) in [5.74, 6) is -0.0207. The third-order valence-electron chi connectivity index (χ3n) is 2.57. The van der Waals surface area contributed by atoms with E-state index in [0.717, 1.165) is 11.5 Å². The van der Waals surface area contributed by atoms with Crippen LogP contribution in [0.3, 0.4) is 0 Å². The van der Waals surface area contributed by atoms with Crippen molar-refractivity contribution < 1.29 is 9.90 Å². The maximum atomic E-state index is 11.2. The lowest BCUT2D eigenvalue weighted by molar-refractivity contribution is 0.0692. The summed E-state index contributed by atoms with van der Waals surface area (Å²) in [6.07, 6.45) is 1.58. The van der Waals surface area contributed by atoms with Gasteiger partial charge in [0.25, 0.3) is 0 Å². The van der Waals surface area contributed by atoms with Gasteiger partial charge < -0.3 is 5.11 Å². The average molecular weight is 289 g/mol. The molecule has 0 radical (unpaired) electrons. The molecule has 2 heterocycles. The van der Waals surface area contributed by atoms with Gasteiger partial charge in [-0.2, -0.15) is 0 Å². The molecule has 0 saturated heterocycles. The Kier molecular flexibility index (Phi) is 4.34. The number of hydrogen-bond donors (Lipinski definition) is 1. The van der Waals surface area contributed by atoms with Gasteiger partial charge in [-0.05, 0) is 36.9 Å². The molecule has 20 heavy (non-hydrogen) atoms. The van der Waals surface area contributed by atoms with Crippen LogP contribution in [0.25, 0.3) is 0 Å². The third kappa shape index (κ3) is 3.33. The normalized spacial score (nSPS) is 10.8. The highest BCUT2D eigenvalue weighted by Gasteiger charge is 2.14. The molecule has 0 amide bonds. The molecule has 6 heteroatoms. The van der Waals surface area contributed by atoms with Gasteiger partial charge in [-0.15, -0.1) is 0 Å². The first-order valence-electron chi connectivity index (χ1n) is 6.19. The van der Waals surface area contributed by atoms with Crippen LogP contribution in [-0.4, -0.2) is 26.0 Å². The van der Waals surface area contributed by atoms with Crippen molar-refractivity contribution in [3.05, 3.63) is 41.5 Å². The third-order valence-corrected chi connectivity index (χ3v) is 3.50. The second kappa shape index (κ2) is 6.00. The molecule has 2 aromatic rings. The highest BCUT2D eigenvalue weighted by molar-refractivity contribution is 7.99. The van der Waals surface area contributed by atoms with Gasteiger partial charge in [-0.25, -0.2) is 19.7 Å². The summed E-state index contributed by atoms with van der Waals surface area (Å²) >= 11 is 1.25. The van der Waals surface area contributed by atoms with Crippen LogP contribution in [0.4, 0.5) is 0 Å². The number of rotatable bonds is 4. The predicted octanol–water partition coefficient (Wildman–Crippen LogP) is 3.15. The molecule has 2 aromatic heterocycles. The molecule has 0 unspecified atom stereocenters. The van der Waals surface area contributed by atoms with Crippen molar-refractivity contribution in [3.8, 4) is 0 Å². The van der Waals surface area contributed by atoms with E-state index in [0.29, 0.717) is 10.1 Å². The maximum absolute atomic E-state index is 11.2. The molecule has 104 valence electrons. The number of carbonyl (C=O) groups is 1. The molecule has 0 aliphatic rings. The van der Waals surface area contributed by atoms with Crippen LogP contribution in [0, 0.1) is 6.92 Å². The fourth-order valence-corrected chi connectivity index (χ4v) is 2.55. The Bertz CT molecular complexity index is 644. The fraction of sp³-hybridized carbons (Fsp3) is 0.286. The number of aromatic nitrogens is 3. The lowest BCUT2D eigenvalue weighted by Crippen LogP contribution is -2.02. The van der Waals surface area contributed by atoms with Gasteiger partial charge in [0.1, 0.15) is 15.9 Å². The first-order chi connectivity index (χ1) is 9.47. The zero-order valence-corrected chi connectivity index (χ0v) is 12.3. The summed E-state index contributed by atoms with van der Waals surface area (Å²) in [5.41, 5.74) is 1.04. The van der Waals surface area contributed by atoms with Crippen molar-refractivity contribution in [2.75, 3.05) is 0 Å². The van der Waals surface area contributed by atoms with Gasteiger partial charge in [0.2, 0.25) is 0 Å². The number of carboxylic acids is 1. The topological polar surface area (TPSA) is 76.0 Å². The quantitative estimate of drug-likeness (QED) is 0.871. The first kappa shape index (κ1) is 14.5. The predicted molar refractivity (Wildman–Crippen MR) is 76.2 cm³/mol. The summed E-state index contributed by atoms with van der Waals surface area (Å²) in [6, 6.07) is 4.98. The minimum Gasteiger partial charge on any atom is -0.478 e. The highest BCUT2D eigenvalue weighted by atomic mass is 32.2. The molecule has 0 aliphatic heterocycles. The van der Waals surface area contributed by atoms with Crippen molar-refractivity contribution >= 4 is 17.7 Å². The van der Waals surface area contributed by atoms with E-state index >= 15 is 0 Å². The number of aromatic carboxylic acids is 1. The van der Waals surface area contributed by atoms with Crippen molar-refractivity contribution in [3.63, 3.8) is 0 Å². The fourth-order valence-electron chi connectivity index (χ4n) is 1.61. The minimum atomic E-state index is -0.990. The Labute approximate surface area is 121 Å². The van der Waals surface area contributed by atoms with Crippen molar-refractivity contribution in [1.82, 2.24) is 15.0 Å². The summed E-state index contributed by atoms with van der Waals surface area (Å²) in [4.78, 5) is 24.1. The van der Waals surface area contributed by atoms with E-state index in [9.17, 15) is 4.79 Å². The Balaban J connectivity index is 2.38. The Morgan fingerprint density at radius 1 is 1.35 bits per heavy atom. The Hall–Kier alpha value is -1.95. The van der Waals surface area contributed by atoms with Gasteiger partial charge in [0, 0.05) is 17.8 Å². The lowest BCUT2D eigenvalue weighted by atomic mass is 10.2. The van der Waals surface area contributed by atoms with Crippen LogP contribution < -0.4 is 0 Å². The molecule has 2 rings (SSSR count). The molecule has 0 aliphatic carbocycles. The van der Waals surface area contributed by atoms with E-state index in [2.05, 4.69) is 15.0 Å². The first-order valence-corrected chi connectivity index (χ1v) is 7.00. The zero-order chi connectivity index (χ0) is 14.7. The Morgan fingerprint density at radius 3 is 2.75 bits per heavy atom. The standard InChI is InChI=1S/C14H15N3O2S/c1-8(2)12-16-9(3)7-11(17-12)20-13-10(14(18)19)5-4-6-15-13/h4-8H,1-3H3,(H,18,19). The molecule has 0 fully saturated rings. The largest absolute Gasteiger partial charge is 0.478 e. The van der Waals surface area contributed by atoms with Crippen LogP contribution in [0.2, 0.25) is 0 Å². The van der Waals surface area contributed by atoms with E-state index in [1.54, 1.807) is 12.3 Å². The van der Waals surface area contributed by atoms with Gasteiger partial charge in [0.05, 0.1) is 5.56 Å². The van der Waals surface area contributed by atoms with Crippen molar-refractivity contribution in [2.24, 2.45) is 0 Å². The summed E-state index contributed by atoms with van der Waals surface area (Å²) in [7, 11) is 0. The number of pyridine rings is 1. The molecule has 1 N–H and O–H groups in total. The van der Waals surface area contributed by atoms with Crippen LogP contribution >= 0.6 is 11.8 Å². The van der Waals surface area contributed by atoms with Crippen LogP contribution in [0.5, 0.6) is 0 Å². The molecular formula is C14H15N3O2S. The van der Waals surface area contributed by atoms with E-state index in [-0.39, 0.29) is 11.5 Å². The summed E-state index contributed by atoms with van der Waals surface area (Å²) in [5, 5.41) is 10.3. The zero-order valence-electron chi connectivity index (χ0n) is 11.5. The van der Waals surface area contributed by atoms with Crippen LogP contribution in [0.15, 0.2) is 34.4 Å². The van der Waals surface area contributed by atoms with Gasteiger partial charge in [-0.1, -0.05) is 13.8 Å². The van der Waals surface area contributed by atoms with E-state index in [4.69, 9.17) is 5.11 Å². The Morgan fingerprint density at radius 2 is 2.10 bits per heavy atom. The van der Waals surface area contributed by atoms with E-state index in [1.807, 2.05) is 26.8 Å². The van der Waals surface area contributed by atoms with Crippen LogP contribution in [0.1, 0.15) is 41.6 Å². The number of carboxylic acid groups (broad SMARTS) is 1. The smallest absolute Gasteiger partial charge is 0.338 e. The highest BCUT2D eigenvalue weighted by Crippen LogP contribution is 2.28. The number of aryl methyl sites for hydroxylation is 1. The van der Waals surface area contributed by atoms with E-state index in [1.165, 1.54) is 17.8 Å². The SMILES string of the molecule is Cc1cc(Sc2ncccc2C(=O)O)nc(C(C)C)n1. The van der Waals surface area contributed by atoms with E-state index < -0.39 is 5.97 Å². The number of hydrogen-bond acceptors (Lipinski definition) is 5. The van der Waals surface area contributed by atoms with Crippen LogP contribution in [-0.2, 0) is 0 Å². The summed E-state index contributed by atoms with van der Waals surface area (Å²) < 4.78 is 0. The maximum Gasteiger partial charge on any atom is 0.338 e. The van der Waals surface area contributed by atoms with Crippen molar-refractivity contribution in [2.45, 2.75) is 36.7 Å². The summed E-state index contributed by atoms with van der Waals surface area (Å²) in [6.45, 7) is 5.94. The van der Waals surface area contributed by atoms with Gasteiger partial charge in [-0.3, -0.25) is 0 Å². The molecule has 0 aromatic carbocycles.